The van der Waals surface area contributed by atoms with Crippen molar-refractivity contribution in [1.82, 2.24) is 25.4 Å². The first-order valence-electron chi connectivity index (χ1n) is 11.3. The number of guanidine groups is 1. The van der Waals surface area contributed by atoms with Gasteiger partial charge in [-0.05, 0) is 57.1 Å². The predicted molar refractivity (Wildman–Crippen MR) is 134 cm³/mol. The Bertz CT molecular complexity index is 875. The number of nitrogens with zero attached hydrogens (tertiary/aromatic N) is 4. The number of nitrogens with one attached hydrogen (secondary N) is 2. The van der Waals surface area contributed by atoms with Crippen molar-refractivity contribution in [3.8, 4) is 5.75 Å². The van der Waals surface area contributed by atoms with Gasteiger partial charge in [-0.15, -0.1) is 34.2 Å². The summed E-state index contributed by atoms with van der Waals surface area (Å²) >= 11 is 0. The maximum Gasteiger partial charge on any atom is 0.191 e. The van der Waals surface area contributed by atoms with Gasteiger partial charge in [0.2, 0.25) is 0 Å². The van der Waals surface area contributed by atoms with Crippen LogP contribution in [-0.2, 0) is 26.1 Å². The van der Waals surface area contributed by atoms with Gasteiger partial charge in [-0.3, -0.25) is 4.99 Å². The molecule has 2 aliphatic rings. The third kappa shape index (κ3) is 6.33. The Morgan fingerprint density at radius 3 is 2.71 bits per heavy atom. The van der Waals surface area contributed by atoms with E-state index in [2.05, 4.69) is 55.5 Å². The van der Waals surface area contributed by atoms with Crippen LogP contribution in [0.3, 0.4) is 0 Å². The van der Waals surface area contributed by atoms with Crippen molar-refractivity contribution >= 4 is 29.9 Å². The molecule has 4 rings (SSSR count). The highest BCUT2D eigenvalue weighted by molar-refractivity contribution is 14.0. The first-order chi connectivity index (χ1) is 14.7. The van der Waals surface area contributed by atoms with Crippen molar-refractivity contribution in [3.63, 3.8) is 0 Å². The third-order valence-corrected chi connectivity index (χ3v) is 6.09. The number of hydrogen-bond donors (Lipinski definition) is 2. The second-order valence-corrected chi connectivity index (χ2v) is 8.41. The molecule has 0 atom stereocenters. The van der Waals surface area contributed by atoms with Crippen molar-refractivity contribution in [3.05, 3.63) is 41.0 Å². The summed E-state index contributed by atoms with van der Waals surface area (Å²) in [5, 5.41) is 15.6. The van der Waals surface area contributed by atoms with E-state index < -0.39 is 0 Å². The van der Waals surface area contributed by atoms with Crippen LogP contribution in [0.15, 0.2) is 23.2 Å². The van der Waals surface area contributed by atoms with Crippen molar-refractivity contribution < 1.29 is 4.74 Å². The lowest BCUT2D eigenvalue weighted by Crippen LogP contribution is -2.37. The Morgan fingerprint density at radius 1 is 1.10 bits per heavy atom. The van der Waals surface area contributed by atoms with Gasteiger partial charge in [0.25, 0.3) is 0 Å². The van der Waals surface area contributed by atoms with Gasteiger partial charge in [0.1, 0.15) is 11.6 Å². The number of fused-ring (bicyclic) bond motifs is 1. The second-order valence-electron chi connectivity index (χ2n) is 8.41. The number of halogens is 1. The summed E-state index contributed by atoms with van der Waals surface area (Å²) < 4.78 is 8.59. The van der Waals surface area contributed by atoms with Crippen molar-refractivity contribution in [2.45, 2.75) is 84.0 Å². The molecule has 2 aromatic rings. The average molecular weight is 538 g/mol. The summed E-state index contributed by atoms with van der Waals surface area (Å²) in [6, 6.07) is 6.44. The third-order valence-electron chi connectivity index (χ3n) is 6.09. The molecule has 0 radical (unpaired) electrons. The predicted octanol–water partition coefficient (Wildman–Crippen LogP) is 4.12. The van der Waals surface area contributed by atoms with E-state index in [0.717, 1.165) is 54.7 Å². The molecule has 2 N–H and O–H groups in total. The van der Waals surface area contributed by atoms with Crippen LogP contribution in [-0.4, -0.2) is 33.9 Å². The minimum Gasteiger partial charge on any atom is -0.490 e. The lowest BCUT2D eigenvalue weighted by molar-refractivity contribution is 0.207. The van der Waals surface area contributed by atoms with E-state index in [1.807, 2.05) is 0 Å². The average Bonchev–Trinajstić information content (AvgIpc) is 3.33. The molecule has 0 unspecified atom stereocenters. The van der Waals surface area contributed by atoms with Crippen LogP contribution in [0.2, 0.25) is 0 Å². The van der Waals surface area contributed by atoms with Gasteiger partial charge >= 0.3 is 0 Å². The number of benzene rings is 1. The van der Waals surface area contributed by atoms with Gasteiger partial charge in [0.15, 0.2) is 11.8 Å². The van der Waals surface area contributed by atoms with Gasteiger partial charge in [0.05, 0.1) is 12.6 Å². The van der Waals surface area contributed by atoms with Crippen LogP contribution in [0.25, 0.3) is 0 Å². The monoisotopic (exact) mass is 538 g/mol. The molecule has 1 aliphatic heterocycles. The van der Waals surface area contributed by atoms with Gasteiger partial charge in [-0.2, -0.15) is 0 Å². The van der Waals surface area contributed by atoms with E-state index in [4.69, 9.17) is 4.74 Å². The van der Waals surface area contributed by atoms with Crippen LogP contribution in [0.4, 0.5) is 0 Å². The number of aryl methyl sites for hydroxylation is 2. The lowest BCUT2D eigenvalue weighted by Gasteiger charge is -2.18. The zero-order valence-corrected chi connectivity index (χ0v) is 21.0. The fraction of sp³-hybridized carbons (Fsp3) is 0.609. The largest absolute Gasteiger partial charge is 0.490 e. The molecule has 1 fully saturated rings. The smallest absolute Gasteiger partial charge is 0.191 e. The molecule has 1 aromatic heterocycles. The minimum atomic E-state index is 0. The molecular weight excluding hydrogens is 503 g/mol. The van der Waals surface area contributed by atoms with Crippen LogP contribution < -0.4 is 15.4 Å². The Balaban J connectivity index is 0.00000272. The maximum atomic E-state index is 6.32. The Morgan fingerprint density at radius 2 is 1.90 bits per heavy atom. The summed E-state index contributed by atoms with van der Waals surface area (Å²) in [6.45, 7) is 4.41. The molecule has 7 nitrogen and oxygen atoms in total. The van der Waals surface area contributed by atoms with Crippen LogP contribution in [0.5, 0.6) is 5.75 Å². The van der Waals surface area contributed by atoms with E-state index >= 15 is 0 Å². The van der Waals surface area contributed by atoms with Crippen molar-refractivity contribution in [1.29, 1.82) is 0 Å². The topological polar surface area (TPSA) is 76.4 Å². The van der Waals surface area contributed by atoms with E-state index in [0.29, 0.717) is 19.2 Å². The minimum absolute atomic E-state index is 0. The Hall–Kier alpha value is -1.84. The van der Waals surface area contributed by atoms with Crippen molar-refractivity contribution in [2.24, 2.45) is 4.99 Å². The standard InChI is InChI=1S/C23H34N6O.HI/c1-17-11-12-18(20(14-17)30-19-8-5-6-9-19)15-25-23(24-2)26-16-22-28-27-21-10-4-3-7-13-29(21)22;/h11-12,14,19H,3-10,13,15-16H2,1-2H3,(H2,24,25,26);1H. The lowest BCUT2D eigenvalue weighted by atomic mass is 10.1. The molecule has 1 aliphatic carbocycles. The number of hydrogen-bond acceptors (Lipinski definition) is 4. The quantitative estimate of drug-likeness (QED) is 0.329. The zero-order valence-electron chi connectivity index (χ0n) is 18.7. The number of ether oxygens (including phenoxy) is 1. The van der Waals surface area contributed by atoms with Crippen molar-refractivity contribution in [2.75, 3.05) is 7.05 Å². The molecule has 0 amide bonds. The molecule has 1 saturated carbocycles. The van der Waals surface area contributed by atoms with E-state index in [1.54, 1.807) is 7.05 Å². The normalized spacial score (nSPS) is 16.9. The highest BCUT2D eigenvalue weighted by Gasteiger charge is 2.18. The zero-order chi connectivity index (χ0) is 20.8. The fourth-order valence-corrected chi connectivity index (χ4v) is 4.34. The summed E-state index contributed by atoms with van der Waals surface area (Å²) in [5.41, 5.74) is 2.38. The Kier molecular flexibility index (Phi) is 8.98. The first kappa shape index (κ1) is 23.8. The summed E-state index contributed by atoms with van der Waals surface area (Å²) in [4.78, 5) is 4.38. The van der Waals surface area contributed by atoms with Crippen LogP contribution in [0, 0.1) is 6.92 Å². The van der Waals surface area contributed by atoms with Gasteiger partial charge < -0.3 is 19.9 Å². The molecule has 0 spiro atoms. The van der Waals surface area contributed by atoms with E-state index in [9.17, 15) is 0 Å². The van der Waals surface area contributed by atoms with E-state index in [-0.39, 0.29) is 24.0 Å². The molecule has 1 aromatic carbocycles. The fourth-order valence-electron chi connectivity index (χ4n) is 4.34. The van der Waals surface area contributed by atoms with Crippen LogP contribution >= 0.6 is 24.0 Å². The maximum absolute atomic E-state index is 6.32. The summed E-state index contributed by atoms with van der Waals surface area (Å²) in [7, 11) is 1.80. The molecule has 31 heavy (non-hydrogen) atoms. The Labute approximate surface area is 202 Å². The molecule has 0 saturated heterocycles. The summed E-state index contributed by atoms with van der Waals surface area (Å²) in [6.07, 6.45) is 9.91. The summed E-state index contributed by atoms with van der Waals surface area (Å²) in [5.74, 6) is 3.84. The number of aliphatic imine (C=N–C) groups is 1. The second kappa shape index (κ2) is 11.7. The van der Waals surface area contributed by atoms with Gasteiger partial charge in [-0.25, -0.2) is 0 Å². The molecular formula is C23H35IN6O. The highest BCUT2D eigenvalue weighted by Crippen LogP contribution is 2.27. The molecule has 0 bridgehead atoms. The number of aromatic nitrogens is 3. The molecule has 8 heteroatoms. The van der Waals surface area contributed by atoms with Gasteiger partial charge in [0, 0.05) is 32.1 Å². The SMILES string of the molecule is CN=C(NCc1ccc(C)cc1OC1CCCC1)NCc1nnc2n1CCCCC2.I. The van der Waals surface area contributed by atoms with Crippen LogP contribution in [0.1, 0.15) is 67.7 Å². The van der Waals surface area contributed by atoms with E-state index in [1.165, 1.54) is 37.7 Å². The molecule has 170 valence electrons. The van der Waals surface area contributed by atoms with Gasteiger partial charge in [-0.1, -0.05) is 18.6 Å². The molecule has 2 heterocycles. The first-order valence-corrected chi connectivity index (χ1v) is 11.3. The number of rotatable bonds is 6. The highest BCUT2D eigenvalue weighted by atomic mass is 127.